The maximum absolute atomic E-state index is 12.2. The van der Waals surface area contributed by atoms with E-state index in [2.05, 4.69) is 49.6 Å². The number of pyridine rings is 1. The fraction of sp³-hybridized carbons (Fsp3) is 0.0417. The Morgan fingerprint density at radius 3 is 2.72 bits per heavy atom. The number of halogens is 3. The Morgan fingerprint density at radius 1 is 1.09 bits per heavy atom. The van der Waals surface area contributed by atoms with Crippen LogP contribution in [-0.2, 0) is 6.61 Å². The van der Waals surface area contributed by atoms with E-state index in [9.17, 15) is 4.79 Å². The van der Waals surface area contributed by atoms with Crippen molar-refractivity contribution < 1.29 is 9.53 Å². The molecule has 0 aliphatic rings. The summed E-state index contributed by atoms with van der Waals surface area (Å²) in [5.41, 5.74) is 4.40. The molecule has 4 aromatic rings. The number of fused-ring (bicyclic) bond motifs is 1. The third-order valence-electron chi connectivity index (χ3n) is 4.66. The van der Waals surface area contributed by atoms with Crippen molar-refractivity contribution in [1.29, 1.82) is 0 Å². The molecule has 0 saturated heterocycles. The third-order valence-corrected chi connectivity index (χ3v) is 5.83. The van der Waals surface area contributed by atoms with E-state index in [0.717, 1.165) is 16.3 Å². The molecule has 0 spiro atoms. The molecule has 32 heavy (non-hydrogen) atoms. The Labute approximate surface area is 203 Å². The van der Waals surface area contributed by atoms with Crippen molar-refractivity contribution in [2.24, 2.45) is 5.10 Å². The van der Waals surface area contributed by atoms with Crippen molar-refractivity contribution in [3.63, 3.8) is 0 Å². The first kappa shape index (κ1) is 22.3. The summed E-state index contributed by atoms with van der Waals surface area (Å²) in [6.07, 6.45) is 2.99. The van der Waals surface area contributed by atoms with Gasteiger partial charge in [-0.25, -0.2) is 10.4 Å². The quantitative estimate of drug-likeness (QED) is 0.173. The van der Waals surface area contributed by atoms with Crippen LogP contribution in [0.4, 0.5) is 0 Å². The lowest BCUT2D eigenvalue weighted by Gasteiger charge is -2.12. The van der Waals surface area contributed by atoms with E-state index in [1.54, 1.807) is 24.3 Å². The van der Waals surface area contributed by atoms with E-state index in [1.165, 1.54) is 12.4 Å². The Hall–Kier alpha value is -2.93. The average molecular weight is 529 g/mol. The summed E-state index contributed by atoms with van der Waals surface area (Å²) >= 11 is 15.9. The van der Waals surface area contributed by atoms with E-state index in [0.29, 0.717) is 27.4 Å². The van der Waals surface area contributed by atoms with Crippen molar-refractivity contribution in [3.05, 3.63) is 104 Å². The molecule has 0 atom stereocenters. The molecule has 0 fully saturated rings. The first-order chi connectivity index (χ1) is 15.5. The Morgan fingerprint density at radius 2 is 1.91 bits per heavy atom. The van der Waals surface area contributed by atoms with Gasteiger partial charge in [-0.05, 0) is 62.1 Å². The molecule has 5 nitrogen and oxygen atoms in total. The maximum Gasteiger partial charge on any atom is 0.274 e. The van der Waals surface area contributed by atoms with E-state index < -0.39 is 5.91 Å². The van der Waals surface area contributed by atoms with Crippen molar-refractivity contribution in [2.75, 3.05) is 0 Å². The highest BCUT2D eigenvalue weighted by molar-refractivity contribution is 9.10. The summed E-state index contributed by atoms with van der Waals surface area (Å²) in [5.74, 6) is 0.0717. The van der Waals surface area contributed by atoms with Gasteiger partial charge in [0.05, 0.1) is 21.3 Å². The Balaban J connectivity index is 1.45. The normalized spacial score (nSPS) is 11.1. The number of aromatic nitrogens is 1. The minimum Gasteiger partial charge on any atom is -0.486 e. The van der Waals surface area contributed by atoms with Gasteiger partial charge in [-0.1, -0.05) is 65.7 Å². The molecule has 1 amide bonds. The molecule has 1 heterocycles. The summed E-state index contributed by atoms with van der Waals surface area (Å²) in [6.45, 7) is 0.370. The van der Waals surface area contributed by atoms with Crippen LogP contribution in [0.3, 0.4) is 0 Å². The van der Waals surface area contributed by atoms with Crippen LogP contribution in [0, 0.1) is 0 Å². The molecular formula is C24H16BrCl2N3O2. The minimum atomic E-state index is -0.459. The van der Waals surface area contributed by atoms with Gasteiger partial charge in [0.2, 0.25) is 0 Å². The van der Waals surface area contributed by atoms with Crippen LogP contribution >= 0.6 is 39.1 Å². The first-order valence-corrected chi connectivity index (χ1v) is 11.1. The first-order valence-electron chi connectivity index (χ1n) is 9.55. The maximum atomic E-state index is 12.2. The SMILES string of the molecule is O=C(NN=Cc1cc(Cl)c(OCc2cccc3ccccc23)c(Br)c1)c1cccnc1Cl. The van der Waals surface area contributed by atoms with Crippen LogP contribution in [0.2, 0.25) is 10.2 Å². The zero-order chi connectivity index (χ0) is 22.5. The molecule has 4 rings (SSSR count). The molecule has 0 unspecified atom stereocenters. The Kier molecular flexibility index (Phi) is 7.05. The third kappa shape index (κ3) is 5.10. The van der Waals surface area contributed by atoms with Gasteiger partial charge < -0.3 is 4.74 Å². The van der Waals surface area contributed by atoms with Gasteiger partial charge in [0.25, 0.3) is 5.91 Å². The highest BCUT2D eigenvalue weighted by Gasteiger charge is 2.11. The summed E-state index contributed by atoms with van der Waals surface area (Å²) < 4.78 is 6.69. The van der Waals surface area contributed by atoms with E-state index in [-0.39, 0.29) is 10.7 Å². The predicted molar refractivity (Wildman–Crippen MR) is 132 cm³/mol. The lowest BCUT2D eigenvalue weighted by atomic mass is 10.1. The van der Waals surface area contributed by atoms with Gasteiger partial charge in [0.15, 0.2) is 5.75 Å². The monoisotopic (exact) mass is 527 g/mol. The van der Waals surface area contributed by atoms with Crippen LogP contribution in [0.1, 0.15) is 21.5 Å². The van der Waals surface area contributed by atoms with Gasteiger partial charge >= 0.3 is 0 Å². The van der Waals surface area contributed by atoms with Crippen molar-refractivity contribution in [1.82, 2.24) is 10.4 Å². The van der Waals surface area contributed by atoms with Gasteiger partial charge in [0, 0.05) is 6.20 Å². The van der Waals surface area contributed by atoms with E-state index in [1.807, 2.05) is 24.3 Å². The number of carbonyl (C=O) groups excluding carboxylic acids is 1. The molecule has 0 aliphatic heterocycles. The lowest BCUT2D eigenvalue weighted by molar-refractivity contribution is 0.0955. The van der Waals surface area contributed by atoms with Gasteiger partial charge in [-0.3, -0.25) is 4.79 Å². The zero-order valence-electron chi connectivity index (χ0n) is 16.6. The largest absolute Gasteiger partial charge is 0.486 e. The number of carbonyl (C=O) groups is 1. The predicted octanol–water partition coefficient (Wildman–Crippen LogP) is 6.65. The number of hydrazone groups is 1. The zero-order valence-corrected chi connectivity index (χ0v) is 19.7. The molecule has 1 N–H and O–H groups in total. The second-order valence-corrected chi connectivity index (χ2v) is 8.40. The van der Waals surface area contributed by atoms with Gasteiger partial charge in [0.1, 0.15) is 11.8 Å². The number of nitrogens with zero attached hydrogens (tertiary/aromatic N) is 2. The Bertz CT molecular complexity index is 1300. The molecule has 0 bridgehead atoms. The van der Waals surface area contributed by atoms with Crippen LogP contribution < -0.4 is 10.2 Å². The van der Waals surface area contributed by atoms with Crippen molar-refractivity contribution >= 4 is 62.0 Å². The highest BCUT2D eigenvalue weighted by Crippen LogP contribution is 2.35. The molecule has 160 valence electrons. The summed E-state index contributed by atoms with van der Waals surface area (Å²) in [4.78, 5) is 16.0. The van der Waals surface area contributed by atoms with E-state index in [4.69, 9.17) is 27.9 Å². The van der Waals surface area contributed by atoms with Crippen molar-refractivity contribution in [2.45, 2.75) is 6.61 Å². The molecular weight excluding hydrogens is 513 g/mol. The lowest BCUT2D eigenvalue weighted by Crippen LogP contribution is -2.18. The second-order valence-electron chi connectivity index (χ2n) is 6.78. The van der Waals surface area contributed by atoms with Gasteiger partial charge in [-0.15, -0.1) is 0 Å². The molecule has 3 aromatic carbocycles. The van der Waals surface area contributed by atoms with Crippen LogP contribution in [-0.4, -0.2) is 17.1 Å². The van der Waals surface area contributed by atoms with Crippen molar-refractivity contribution in [3.8, 4) is 5.75 Å². The second kappa shape index (κ2) is 10.1. The number of hydrogen-bond acceptors (Lipinski definition) is 4. The van der Waals surface area contributed by atoms with Crippen LogP contribution in [0.25, 0.3) is 10.8 Å². The summed E-state index contributed by atoms with van der Waals surface area (Å²) in [6, 6.07) is 20.9. The fourth-order valence-corrected chi connectivity index (χ4v) is 4.34. The number of rotatable bonds is 6. The number of amides is 1. The molecule has 0 radical (unpaired) electrons. The van der Waals surface area contributed by atoms with Gasteiger partial charge in [-0.2, -0.15) is 5.10 Å². The highest BCUT2D eigenvalue weighted by atomic mass is 79.9. The smallest absolute Gasteiger partial charge is 0.274 e. The topological polar surface area (TPSA) is 63.6 Å². The number of nitrogens with one attached hydrogen (secondary N) is 1. The molecule has 0 saturated carbocycles. The minimum absolute atomic E-state index is 0.110. The summed E-state index contributed by atoms with van der Waals surface area (Å²) in [5, 5.41) is 6.78. The van der Waals surface area contributed by atoms with Crippen LogP contribution in [0.15, 0.2) is 82.5 Å². The fourth-order valence-electron chi connectivity index (χ4n) is 3.14. The van der Waals surface area contributed by atoms with Crippen LogP contribution in [0.5, 0.6) is 5.75 Å². The number of ether oxygens (including phenoxy) is 1. The molecule has 8 heteroatoms. The standard InChI is InChI=1S/C24H16BrCl2N3O2/c25-20-11-15(13-29-30-24(31)19-9-4-10-28-23(19)27)12-21(26)22(20)32-14-17-7-3-6-16-5-1-2-8-18(16)17/h1-13H,14H2,(H,30,31). The number of hydrogen-bond donors (Lipinski definition) is 1. The average Bonchev–Trinajstić information content (AvgIpc) is 2.79. The summed E-state index contributed by atoms with van der Waals surface area (Å²) in [7, 11) is 0. The number of benzene rings is 3. The van der Waals surface area contributed by atoms with E-state index >= 15 is 0 Å². The molecule has 0 aliphatic carbocycles. The molecule has 1 aromatic heterocycles.